The van der Waals surface area contributed by atoms with Gasteiger partial charge >= 0.3 is 6.03 Å². The van der Waals surface area contributed by atoms with Gasteiger partial charge in [0.05, 0.1) is 18.5 Å². The first-order valence-corrected chi connectivity index (χ1v) is 11.8. The fourth-order valence-electron chi connectivity index (χ4n) is 3.65. The van der Waals surface area contributed by atoms with Crippen molar-refractivity contribution in [2.24, 2.45) is 0 Å². The smallest absolute Gasteiger partial charge is 0.318 e. The average molecular weight is 486 g/mol. The van der Waals surface area contributed by atoms with Gasteiger partial charge in [0.25, 0.3) is 0 Å². The molecule has 8 heteroatoms. The molecule has 2 aromatic carbocycles. The predicted molar refractivity (Wildman–Crippen MR) is 140 cm³/mol. The third kappa shape index (κ3) is 6.41. The summed E-state index contributed by atoms with van der Waals surface area (Å²) in [5, 5.41) is 5.82. The molecule has 2 N–H and O–H groups in total. The van der Waals surface area contributed by atoms with Crippen LogP contribution in [0.4, 0.5) is 10.7 Å². The normalized spacial score (nSPS) is 11.2. The van der Waals surface area contributed by atoms with Crippen LogP contribution in [-0.2, 0) is 11.3 Å². The van der Waals surface area contributed by atoms with Gasteiger partial charge in [0, 0.05) is 23.0 Å². The number of imidazole rings is 1. The summed E-state index contributed by atoms with van der Waals surface area (Å²) in [5.74, 6) is 0.584. The van der Waals surface area contributed by atoms with E-state index in [9.17, 15) is 9.59 Å². The lowest BCUT2D eigenvalue weighted by Crippen LogP contribution is -2.50. The van der Waals surface area contributed by atoms with E-state index in [0.29, 0.717) is 11.7 Å². The maximum atomic E-state index is 13.2. The molecule has 0 bridgehead atoms. The number of nitrogens with one attached hydrogen (secondary N) is 2. The van der Waals surface area contributed by atoms with Crippen molar-refractivity contribution in [3.05, 3.63) is 90.5 Å². The van der Waals surface area contributed by atoms with Crippen molar-refractivity contribution in [3.63, 3.8) is 0 Å². The Labute approximate surface area is 211 Å². The van der Waals surface area contributed by atoms with E-state index in [1.54, 1.807) is 18.4 Å². The average Bonchev–Trinajstić information content (AvgIpc) is 3.49. The maximum Gasteiger partial charge on any atom is 0.318 e. The highest BCUT2D eigenvalue weighted by Gasteiger charge is 2.24. The number of hydrogen-bond donors (Lipinski definition) is 2. The molecule has 0 atom stereocenters. The molecule has 0 spiro atoms. The second kappa shape index (κ2) is 10.5. The first-order valence-electron chi connectivity index (χ1n) is 11.8. The Hall–Kier alpha value is -4.33. The number of anilines is 1. The van der Waals surface area contributed by atoms with Crippen LogP contribution in [0.5, 0.6) is 0 Å². The summed E-state index contributed by atoms with van der Waals surface area (Å²) in [5.41, 5.74) is 3.20. The molecule has 2 heterocycles. The zero-order chi connectivity index (χ0) is 25.7. The molecular formula is C28H31N5O3. The van der Waals surface area contributed by atoms with Crippen LogP contribution in [0.2, 0.25) is 0 Å². The number of carbonyl (C=O) groups excluding carboxylic acids is 2. The Balaban J connectivity index is 1.59. The molecule has 0 fully saturated rings. The van der Waals surface area contributed by atoms with Gasteiger partial charge < -0.3 is 14.6 Å². The molecule has 186 valence electrons. The van der Waals surface area contributed by atoms with E-state index in [-0.39, 0.29) is 25.0 Å². The first kappa shape index (κ1) is 24.8. The molecule has 0 saturated carbocycles. The minimum absolute atomic E-state index is 0.157. The molecule has 8 nitrogen and oxygen atoms in total. The Morgan fingerprint density at radius 3 is 2.36 bits per heavy atom. The van der Waals surface area contributed by atoms with Crippen molar-refractivity contribution in [1.82, 2.24) is 19.8 Å². The number of aryl methyl sites for hydroxylation is 1. The van der Waals surface area contributed by atoms with Crippen molar-refractivity contribution >= 4 is 17.9 Å². The van der Waals surface area contributed by atoms with E-state index < -0.39 is 5.54 Å². The number of urea groups is 1. The highest BCUT2D eigenvalue weighted by molar-refractivity contribution is 5.93. The summed E-state index contributed by atoms with van der Waals surface area (Å²) < 4.78 is 7.25. The number of rotatable bonds is 7. The fourth-order valence-corrected chi connectivity index (χ4v) is 3.65. The molecule has 0 radical (unpaired) electrons. The lowest BCUT2D eigenvalue weighted by Gasteiger charge is -2.27. The van der Waals surface area contributed by atoms with Crippen molar-refractivity contribution < 1.29 is 14.0 Å². The van der Waals surface area contributed by atoms with Gasteiger partial charge in [-0.25, -0.2) is 9.78 Å². The molecule has 36 heavy (non-hydrogen) atoms. The van der Waals surface area contributed by atoms with Gasteiger partial charge in [-0.1, -0.05) is 48.0 Å². The van der Waals surface area contributed by atoms with Gasteiger partial charge in [0.1, 0.15) is 12.3 Å². The lowest BCUT2D eigenvalue weighted by molar-refractivity contribution is -0.117. The van der Waals surface area contributed by atoms with Crippen LogP contribution in [0.25, 0.3) is 16.9 Å². The summed E-state index contributed by atoms with van der Waals surface area (Å²) >= 11 is 0. The van der Waals surface area contributed by atoms with Crippen molar-refractivity contribution in [2.45, 2.75) is 39.8 Å². The van der Waals surface area contributed by atoms with E-state index in [0.717, 1.165) is 22.5 Å². The predicted octanol–water partition coefficient (Wildman–Crippen LogP) is 5.39. The van der Waals surface area contributed by atoms with Gasteiger partial charge in [0.2, 0.25) is 11.9 Å². The van der Waals surface area contributed by atoms with Gasteiger partial charge in [0.15, 0.2) is 0 Å². The maximum absolute atomic E-state index is 13.2. The molecule has 4 aromatic rings. The summed E-state index contributed by atoms with van der Waals surface area (Å²) in [6, 6.07) is 20.9. The number of benzene rings is 2. The van der Waals surface area contributed by atoms with E-state index in [1.165, 1.54) is 4.90 Å². The van der Waals surface area contributed by atoms with Crippen LogP contribution in [0.15, 0.2) is 83.6 Å². The third-order valence-corrected chi connectivity index (χ3v) is 5.37. The van der Waals surface area contributed by atoms with Crippen molar-refractivity contribution in [1.29, 1.82) is 0 Å². The van der Waals surface area contributed by atoms with Crippen LogP contribution >= 0.6 is 0 Å². The van der Waals surface area contributed by atoms with Gasteiger partial charge in [-0.2, -0.15) is 0 Å². The lowest BCUT2D eigenvalue weighted by atomic mass is 10.1. The quantitative estimate of drug-likeness (QED) is 0.367. The number of aromatic nitrogens is 2. The standard InChI is InChI=1S/C28H31N5O3/c1-20-12-14-22(15-13-20)33-18-24(21-9-6-5-7-10-21)29-26(33)30-25(34)19-32(17-23-11-8-16-36-23)27(35)31-28(2,3)4/h5-16,18H,17,19H2,1-4H3,(H,31,35)(H,29,30,34). The monoisotopic (exact) mass is 485 g/mol. The van der Waals surface area contributed by atoms with E-state index >= 15 is 0 Å². The molecule has 0 aliphatic heterocycles. The van der Waals surface area contributed by atoms with Crippen LogP contribution in [-0.4, -0.2) is 38.5 Å². The Bertz CT molecular complexity index is 1300. The number of hydrogen-bond acceptors (Lipinski definition) is 4. The van der Waals surface area contributed by atoms with Crippen LogP contribution in [0.1, 0.15) is 32.1 Å². The number of nitrogens with zero attached hydrogens (tertiary/aromatic N) is 3. The molecule has 0 aliphatic rings. The minimum atomic E-state index is -0.457. The van der Waals surface area contributed by atoms with Gasteiger partial charge in [-0.05, 0) is 52.0 Å². The number of amides is 3. The summed E-state index contributed by atoms with van der Waals surface area (Å²) in [6.45, 7) is 7.67. The zero-order valence-electron chi connectivity index (χ0n) is 21.0. The molecule has 0 saturated heterocycles. The van der Waals surface area contributed by atoms with Crippen molar-refractivity contribution in [3.8, 4) is 16.9 Å². The highest BCUT2D eigenvalue weighted by Crippen LogP contribution is 2.24. The largest absolute Gasteiger partial charge is 0.467 e. The minimum Gasteiger partial charge on any atom is -0.467 e. The van der Waals surface area contributed by atoms with E-state index in [4.69, 9.17) is 9.40 Å². The van der Waals surface area contributed by atoms with Crippen LogP contribution in [0.3, 0.4) is 0 Å². The Morgan fingerprint density at radius 2 is 1.72 bits per heavy atom. The highest BCUT2D eigenvalue weighted by atomic mass is 16.3. The van der Waals surface area contributed by atoms with Crippen molar-refractivity contribution in [2.75, 3.05) is 11.9 Å². The second-order valence-electron chi connectivity index (χ2n) is 9.69. The topological polar surface area (TPSA) is 92.4 Å². The summed E-state index contributed by atoms with van der Waals surface area (Å²) in [4.78, 5) is 32.3. The molecular weight excluding hydrogens is 454 g/mol. The number of carbonyl (C=O) groups is 2. The Kier molecular flexibility index (Phi) is 7.24. The summed E-state index contributed by atoms with van der Waals surface area (Å²) in [6.07, 6.45) is 3.43. The van der Waals surface area contributed by atoms with E-state index in [2.05, 4.69) is 10.6 Å². The molecule has 2 aromatic heterocycles. The second-order valence-corrected chi connectivity index (χ2v) is 9.69. The third-order valence-electron chi connectivity index (χ3n) is 5.37. The van der Waals surface area contributed by atoms with Gasteiger partial charge in [-0.3, -0.25) is 14.7 Å². The van der Waals surface area contributed by atoms with Crippen LogP contribution < -0.4 is 10.6 Å². The zero-order valence-corrected chi connectivity index (χ0v) is 21.0. The van der Waals surface area contributed by atoms with Gasteiger partial charge in [-0.15, -0.1) is 0 Å². The molecule has 4 rings (SSSR count). The Morgan fingerprint density at radius 1 is 1.00 bits per heavy atom. The first-order chi connectivity index (χ1) is 17.2. The fraction of sp³-hybridized carbons (Fsp3) is 0.250. The number of furan rings is 1. The molecule has 0 unspecified atom stereocenters. The SMILES string of the molecule is Cc1ccc(-n2cc(-c3ccccc3)nc2NC(=O)CN(Cc2ccco2)C(=O)NC(C)(C)C)cc1. The molecule has 0 aliphatic carbocycles. The van der Waals surface area contributed by atoms with E-state index in [1.807, 2.05) is 93.1 Å². The van der Waals surface area contributed by atoms with Crippen LogP contribution in [0, 0.1) is 6.92 Å². The summed E-state index contributed by atoms with van der Waals surface area (Å²) in [7, 11) is 0. The molecule has 3 amide bonds.